The third kappa shape index (κ3) is 8.91. The molecule has 4 heteroatoms. The third-order valence-electron chi connectivity index (χ3n) is 0. The average molecular weight is 500 g/mol. The summed E-state index contributed by atoms with van der Waals surface area (Å²) in [6.45, 7) is 0. The first-order chi connectivity index (χ1) is 1.00. The van der Waals surface area contributed by atoms with Crippen molar-refractivity contribution < 1.29 is 45.6 Å². The molecule has 0 heterocycles. The molecule has 0 aliphatic rings. The van der Waals surface area contributed by atoms with E-state index in [1.54, 1.807) is 0 Å². The molecule has 0 aromatic carbocycles. The van der Waals surface area contributed by atoms with Crippen molar-refractivity contribution >= 4 is 27.3 Å². The molecular formula is NbOPbW. The van der Waals surface area contributed by atoms with Gasteiger partial charge in [-0.05, 0) is 0 Å². The molecule has 5 radical (unpaired) electrons. The van der Waals surface area contributed by atoms with Crippen molar-refractivity contribution in [3.05, 3.63) is 0 Å². The van der Waals surface area contributed by atoms with E-state index in [-0.39, 0.29) is 49.7 Å². The maximum atomic E-state index is 8.33. The van der Waals surface area contributed by atoms with Gasteiger partial charge in [0, 0.05) is 49.7 Å². The zero-order valence-electron chi connectivity index (χ0n) is 1.76. The van der Waals surface area contributed by atoms with E-state index in [9.17, 15) is 0 Å². The summed E-state index contributed by atoms with van der Waals surface area (Å²) >= 11 is 0.333. The first-order valence-corrected chi connectivity index (χ1v) is 1.36. The smallest absolute Gasteiger partial charge is 0 e. The van der Waals surface area contributed by atoms with E-state index in [4.69, 9.17) is 3.40 Å². The molecule has 0 amide bonds. The van der Waals surface area contributed by atoms with Crippen LogP contribution in [0.25, 0.3) is 0 Å². The summed E-state index contributed by atoms with van der Waals surface area (Å²) in [5.74, 6) is 0. The fourth-order valence-corrected chi connectivity index (χ4v) is 0. The van der Waals surface area contributed by atoms with Gasteiger partial charge in [0.15, 0.2) is 0 Å². The monoisotopic (exact) mass is 501 g/mol. The largest absolute Gasteiger partial charge is 0 e. The molecule has 0 aromatic rings. The molecule has 0 aliphatic carbocycles. The van der Waals surface area contributed by atoms with E-state index < -0.39 is 0 Å². The second kappa shape index (κ2) is 19.2. The molecule has 4 heavy (non-hydrogen) atoms. The summed E-state index contributed by atoms with van der Waals surface area (Å²) in [7, 11) is 0. The number of rotatable bonds is 0. The van der Waals surface area contributed by atoms with Crippen LogP contribution in [0.1, 0.15) is 0 Å². The molecule has 0 N–H and O–H groups in total. The van der Waals surface area contributed by atoms with Gasteiger partial charge in [0.05, 0.1) is 0 Å². The van der Waals surface area contributed by atoms with Gasteiger partial charge in [-0.3, -0.25) is 0 Å². The summed E-state index contributed by atoms with van der Waals surface area (Å²) in [5.41, 5.74) is 0. The first-order valence-electron chi connectivity index (χ1n) is 0.167. The summed E-state index contributed by atoms with van der Waals surface area (Å²) in [6.07, 6.45) is 0. The number of hydrogen-bond acceptors (Lipinski definition) is 1. The minimum atomic E-state index is 0. The van der Waals surface area contributed by atoms with Crippen molar-refractivity contribution in [3.63, 3.8) is 0 Å². The van der Waals surface area contributed by atoms with Gasteiger partial charge in [-0.2, -0.15) is 0 Å². The van der Waals surface area contributed by atoms with Crippen LogP contribution in [0.3, 0.4) is 0 Å². The van der Waals surface area contributed by atoms with E-state index in [0.717, 1.165) is 0 Å². The fourth-order valence-electron chi connectivity index (χ4n) is 0. The quantitative estimate of drug-likeness (QED) is 0.411. The van der Waals surface area contributed by atoms with Crippen LogP contribution in [0, 0.1) is 0 Å². The molecule has 0 rings (SSSR count). The van der Waals surface area contributed by atoms with Crippen molar-refractivity contribution in [1.82, 2.24) is 0 Å². The summed E-state index contributed by atoms with van der Waals surface area (Å²) < 4.78 is 8.33. The maximum Gasteiger partial charge on any atom is 0 e. The zero-order valence-corrected chi connectivity index (χ0v) is 10.8. The second-order valence-electron chi connectivity index (χ2n) is 0. The van der Waals surface area contributed by atoms with Crippen LogP contribution in [0.5, 0.6) is 0 Å². The van der Waals surface area contributed by atoms with Crippen LogP contribution in [-0.4, -0.2) is 27.3 Å². The van der Waals surface area contributed by atoms with Crippen molar-refractivity contribution in [2.24, 2.45) is 0 Å². The topological polar surface area (TPSA) is 17.1 Å². The molecule has 0 bridgehead atoms. The van der Waals surface area contributed by atoms with Gasteiger partial charge in [0.1, 0.15) is 0 Å². The van der Waals surface area contributed by atoms with Crippen LogP contribution in [0.4, 0.5) is 0 Å². The minimum Gasteiger partial charge on any atom is 0 e. The van der Waals surface area contributed by atoms with Crippen LogP contribution in [0.15, 0.2) is 0 Å². The summed E-state index contributed by atoms with van der Waals surface area (Å²) in [6, 6.07) is 0. The Hall–Kier alpha value is 2.15. The minimum absolute atomic E-state index is 0. The van der Waals surface area contributed by atoms with Crippen molar-refractivity contribution in [1.29, 1.82) is 0 Å². The Morgan fingerprint density at radius 3 is 1.25 bits per heavy atom. The Kier molecular flexibility index (Phi) is 78.8. The van der Waals surface area contributed by atoms with Gasteiger partial charge in [-0.1, -0.05) is 0 Å². The summed E-state index contributed by atoms with van der Waals surface area (Å²) in [5, 5.41) is 0. The van der Waals surface area contributed by atoms with Gasteiger partial charge in [-0.25, -0.2) is 0 Å². The third-order valence-corrected chi connectivity index (χ3v) is 0. The van der Waals surface area contributed by atoms with Crippen LogP contribution in [0.2, 0.25) is 0 Å². The summed E-state index contributed by atoms with van der Waals surface area (Å²) in [4.78, 5) is 0. The van der Waals surface area contributed by atoms with Gasteiger partial charge in [-0.15, -0.1) is 0 Å². The standard InChI is InChI=1S/Nb.O.Pb.W. The molecule has 0 saturated carbocycles. The SMILES string of the molecule is [Nb].[O]=[W].[Pb]. The molecule has 0 fully saturated rings. The Bertz CT molecular complexity index is 8.00. The second-order valence-corrected chi connectivity index (χ2v) is 0. The van der Waals surface area contributed by atoms with Crippen LogP contribution >= 0.6 is 0 Å². The Labute approximate surface area is 71.8 Å². The van der Waals surface area contributed by atoms with Crippen LogP contribution < -0.4 is 0 Å². The van der Waals surface area contributed by atoms with Crippen molar-refractivity contribution in [2.75, 3.05) is 0 Å². The van der Waals surface area contributed by atoms with E-state index in [1.165, 1.54) is 0 Å². The normalized spacial score (nSPS) is 1.00. The predicted molar refractivity (Wildman–Crippen MR) is 6.44 cm³/mol. The first kappa shape index (κ1) is 16.4. The predicted octanol–water partition coefficient (Wildman–Crippen LogP) is -0.505. The average Bonchev–Trinajstić information content (AvgIpc) is 1.00. The molecule has 0 aromatic heterocycles. The van der Waals surface area contributed by atoms with Crippen molar-refractivity contribution in [3.8, 4) is 0 Å². The van der Waals surface area contributed by atoms with E-state index in [0.29, 0.717) is 19.8 Å². The molecular weight excluding hydrogens is 500 g/mol. The van der Waals surface area contributed by atoms with Crippen LogP contribution in [-0.2, 0) is 45.6 Å². The molecule has 0 spiro atoms. The fraction of sp³-hybridized carbons (Fsp3) is 0. The molecule has 0 saturated heterocycles. The van der Waals surface area contributed by atoms with Gasteiger partial charge in [0.25, 0.3) is 0 Å². The van der Waals surface area contributed by atoms with Gasteiger partial charge >= 0.3 is 23.2 Å². The zero-order chi connectivity index (χ0) is 2.00. The van der Waals surface area contributed by atoms with Crippen molar-refractivity contribution in [2.45, 2.75) is 0 Å². The van der Waals surface area contributed by atoms with Gasteiger partial charge in [0.2, 0.25) is 0 Å². The number of hydrogen-bond donors (Lipinski definition) is 0. The molecule has 21 valence electrons. The maximum absolute atomic E-state index is 8.33. The molecule has 1 nitrogen and oxygen atoms in total. The van der Waals surface area contributed by atoms with E-state index in [1.807, 2.05) is 0 Å². The molecule has 0 atom stereocenters. The van der Waals surface area contributed by atoms with E-state index in [2.05, 4.69) is 0 Å². The van der Waals surface area contributed by atoms with Gasteiger partial charge < -0.3 is 0 Å². The Balaban J connectivity index is -0.00000000500. The molecule has 0 unspecified atom stereocenters. The molecule has 0 aliphatic heterocycles. The Morgan fingerprint density at radius 1 is 1.25 bits per heavy atom. The van der Waals surface area contributed by atoms with E-state index >= 15 is 0 Å². The Morgan fingerprint density at radius 2 is 1.25 bits per heavy atom.